The molecule has 0 atom stereocenters. The Hall–Kier alpha value is -1.26. The zero-order valence-electron chi connectivity index (χ0n) is 11.7. The van der Waals surface area contributed by atoms with Gasteiger partial charge in [0.1, 0.15) is 0 Å². The van der Waals surface area contributed by atoms with E-state index in [0.29, 0.717) is 18.9 Å². The second-order valence-electron chi connectivity index (χ2n) is 6.00. The van der Waals surface area contributed by atoms with Crippen LogP contribution in [0.3, 0.4) is 0 Å². The summed E-state index contributed by atoms with van der Waals surface area (Å²) in [5.74, 6) is -0.778. The highest BCUT2D eigenvalue weighted by Gasteiger charge is 2.44. The van der Waals surface area contributed by atoms with Gasteiger partial charge in [-0.3, -0.25) is 4.79 Å². The number of hydrogen-bond acceptors (Lipinski definition) is 2. The first-order valence-corrected chi connectivity index (χ1v) is 7.29. The summed E-state index contributed by atoms with van der Waals surface area (Å²) < 4.78 is 0. The van der Waals surface area contributed by atoms with Gasteiger partial charge in [-0.25, -0.2) is 4.79 Å². The van der Waals surface area contributed by atoms with Crippen LogP contribution in [-0.4, -0.2) is 41.6 Å². The van der Waals surface area contributed by atoms with Gasteiger partial charge in [0.25, 0.3) is 0 Å². The topological polar surface area (TPSA) is 69.6 Å². The molecule has 0 spiro atoms. The molecule has 0 aliphatic heterocycles. The van der Waals surface area contributed by atoms with Crippen molar-refractivity contribution in [3.63, 3.8) is 0 Å². The Morgan fingerprint density at radius 1 is 1.21 bits per heavy atom. The van der Waals surface area contributed by atoms with Gasteiger partial charge < -0.3 is 15.3 Å². The van der Waals surface area contributed by atoms with Crippen molar-refractivity contribution in [1.29, 1.82) is 0 Å². The quantitative estimate of drug-likeness (QED) is 0.821. The van der Waals surface area contributed by atoms with Crippen LogP contribution in [0.2, 0.25) is 0 Å². The molecule has 2 aliphatic carbocycles. The predicted octanol–water partition coefficient (Wildman–Crippen LogP) is 2.22. The van der Waals surface area contributed by atoms with E-state index in [1.54, 1.807) is 4.90 Å². The van der Waals surface area contributed by atoms with E-state index < -0.39 is 11.4 Å². The van der Waals surface area contributed by atoms with E-state index >= 15 is 0 Å². The van der Waals surface area contributed by atoms with Crippen LogP contribution in [0.5, 0.6) is 0 Å². The summed E-state index contributed by atoms with van der Waals surface area (Å²) in [6, 6.07) is 0.190. The molecule has 0 radical (unpaired) electrons. The average molecular weight is 268 g/mol. The monoisotopic (exact) mass is 268 g/mol. The summed E-state index contributed by atoms with van der Waals surface area (Å²) in [7, 11) is 1.82. The molecule has 0 bridgehead atoms. The summed E-state index contributed by atoms with van der Waals surface area (Å²) in [6.07, 6.45) is 8.05. The van der Waals surface area contributed by atoms with Crippen LogP contribution in [0.1, 0.15) is 51.4 Å². The Morgan fingerprint density at radius 2 is 1.84 bits per heavy atom. The molecule has 0 aromatic carbocycles. The standard InChI is InChI=1S/C14H24N2O3/c1-16(11-6-3-2-4-7-11)13(19)15-10-14(12(17)18)8-5-9-14/h11H,2-10H2,1H3,(H,15,19)(H,17,18). The lowest BCUT2D eigenvalue weighted by atomic mass is 9.69. The van der Waals surface area contributed by atoms with Gasteiger partial charge in [-0.2, -0.15) is 0 Å². The third-order valence-corrected chi connectivity index (χ3v) is 4.79. The fourth-order valence-electron chi connectivity index (χ4n) is 3.07. The molecule has 0 saturated heterocycles. The number of hydrogen-bond donors (Lipinski definition) is 2. The lowest BCUT2D eigenvalue weighted by Crippen LogP contribution is -2.51. The van der Waals surface area contributed by atoms with Crippen molar-refractivity contribution in [2.75, 3.05) is 13.6 Å². The SMILES string of the molecule is CN(C(=O)NCC1(C(=O)O)CCC1)C1CCCCC1. The zero-order chi connectivity index (χ0) is 13.9. The summed E-state index contributed by atoms with van der Waals surface area (Å²) in [5, 5.41) is 12.0. The molecule has 2 rings (SSSR count). The molecule has 0 unspecified atom stereocenters. The molecule has 2 N–H and O–H groups in total. The lowest BCUT2D eigenvalue weighted by Gasteiger charge is -2.38. The summed E-state index contributed by atoms with van der Waals surface area (Å²) in [6.45, 7) is 0.262. The molecule has 2 fully saturated rings. The van der Waals surface area contributed by atoms with Crippen LogP contribution >= 0.6 is 0 Å². The van der Waals surface area contributed by atoms with Crippen LogP contribution in [-0.2, 0) is 4.79 Å². The van der Waals surface area contributed by atoms with Crippen LogP contribution in [0, 0.1) is 5.41 Å². The molecule has 108 valence electrons. The van der Waals surface area contributed by atoms with Crippen LogP contribution in [0.15, 0.2) is 0 Å². The number of nitrogens with zero attached hydrogens (tertiary/aromatic N) is 1. The van der Waals surface area contributed by atoms with Gasteiger partial charge in [-0.1, -0.05) is 25.7 Å². The van der Waals surface area contributed by atoms with Crippen molar-refractivity contribution in [3.05, 3.63) is 0 Å². The smallest absolute Gasteiger partial charge is 0.317 e. The number of carboxylic acids is 1. The van der Waals surface area contributed by atoms with Gasteiger partial charge in [-0.05, 0) is 25.7 Å². The second-order valence-corrected chi connectivity index (χ2v) is 6.00. The van der Waals surface area contributed by atoms with Crippen molar-refractivity contribution in [2.45, 2.75) is 57.4 Å². The molecule has 2 saturated carbocycles. The Labute approximate surface area is 114 Å². The molecule has 2 aliphatic rings. The van der Waals surface area contributed by atoms with Crippen molar-refractivity contribution >= 4 is 12.0 Å². The van der Waals surface area contributed by atoms with E-state index in [1.165, 1.54) is 19.3 Å². The van der Waals surface area contributed by atoms with E-state index in [-0.39, 0.29) is 12.6 Å². The number of carboxylic acid groups (broad SMARTS) is 1. The lowest BCUT2D eigenvalue weighted by molar-refractivity contribution is -0.153. The molecule has 2 amide bonds. The number of carbonyl (C=O) groups excluding carboxylic acids is 1. The van der Waals surface area contributed by atoms with Crippen molar-refractivity contribution in [3.8, 4) is 0 Å². The maximum Gasteiger partial charge on any atom is 0.317 e. The number of nitrogens with one attached hydrogen (secondary N) is 1. The zero-order valence-corrected chi connectivity index (χ0v) is 11.7. The van der Waals surface area contributed by atoms with Gasteiger partial charge >= 0.3 is 12.0 Å². The van der Waals surface area contributed by atoms with Crippen LogP contribution in [0.4, 0.5) is 4.79 Å². The summed E-state index contributed by atoms with van der Waals surface area (Å²) in [4.78, 5) is 25.1. The first-order chi connectivity index (χ1) is 9.05. The molecule has 0 aromatic rings. The average Bonchev–Trinajstić information content (AvgIpc) is 2.37. The van der Waals surface area contributed by atoms with Crippen molar-refractivity contribution < 1.29 is 14.7 Å². The molecule has 5 heteroatoms. The van der Waals surface area contributed by atoms with E-state index in [9.17, 15) is 14.7 Å². The highest BCUT2D eigenvalue weighted by atomic mass is 16.4. The third kappa shape index (κ3) is 3.01. The molecular weight excluding hydrogens is 244 g/mol. The molecule has 5 nitrogen and oxygen atoms in total. The minimum absolute atomic E-state index is 0.126. The maximum atomic E-state index is 12.1. The Balaban J connectivity index is 1.81. The van der Waals surface area contributed by atoms with Gasteiger partial charge in [0.15, 0.2) is 0 Å². The Morgan fingerprint density at radius 3 is 2.32 bits per heavy atom. The van der Waals surface area contributed by atoms with Crippen LogP contribution < -0.4 is 5.32 Å². The Bertz CT molecular complexity index is 347. The van der Waals surface area contributed by atoms with Gasteiger partial charge in [0.05, 0.1) is 5.41 Å². The highest BCUT2D eigenvalue weighted by molar-refractivity contribution is 5.79. The summed E-state index contributed by atoms with van der Waals surface area (Å²) in [5.41, 5.74) is -0.705. The first kappa shape index (κ1) is 14.2. The number of urea groups is 1. The largest absolute Gasteiger partial charge is 0.481 e. The predicted molar refractivity (Wildman–Crippen MR) is 72.0 cm³/mol. The van der Waals surface area contributed by atoms with Crippen molar-refractivity contribution in [1.82, 2.24) is 10.2 Å². The number of aliphatic carboxylic acids is 1. The highest BCUT2D eigenvalue weighted by Crippen LogP contribution is 2.40. The fraction of sp³-hybridized carbons (Fsp3) is 0.857. The summed E-state index contributed by atoms with van der Waals surface area (Å²) >= 11 is 0. The van der Waals surface area contributed by atoms with Gasteiger partial charge in [0, 0.05) is 19.6 Å². The van der Waals surface area contributed by atoms with Gasteiger partial charge in [0.2, 0.25) is 0 Å². The van der Waals surface area contributed by atoms with E-state index in [4.69, 9.17) is 0 Å². The molecular formula is C14H24N2O3. The number of rotatable bonds is 4. The van der Waals surface area contributed by atoms with Crippen molar-refractivity contribution in [2.24, 2.45) is 5.41 Å². The first-order valence-electron chi connectivity index (χ1n) is 7.29. The number of carbonyl (C=O) groups is 2. The third-order valence-electron chi connectivity index (χ3n) is 4.79. The number of amides is 2. The fourth-order valence-corrected chi connectivity index (χ4v) is 3.07. The molecule has 19 heavy (non-hydrogen) atoms. The van der Waals surface area contributed by atoms with E-state index in [0.717, 1.165) is 19.3 Å². The minimum Gasteiger partial charge on any atom is -0.481 e. The normalized spacial score (nSPS) is 22.4. The second kappa shape index (κ2) is 5.80. The van der Waals surface area contributed by atoms with E-state index in [2.05, 4.69) is 5.32 Å². The van der Waals surface area contributed by atoms with E-state index in [1.807, 2.05) is 7.05 Å². The van der Waals surface area contributed by atoms with Gasteiger partial charge in [-0.15, -0.1) is 0 Å². The maximum absolute atomic E-state index is 12.1. The Kier molecular flexibility index (Phi) is 4.32. The van der Waals surface area contributed by atoms with Crippen LogP contribution in [0.25, 0.3) is 0 Å². The molecule has 0 aromatic heterocycles. The molecule has 0 heterocycles. The minimum atomic E-state index is -0.778.